The van der Waals surface area contributed by atoms with Crippen LogP contribution in [-0.4, -0.2) is 45.9 Å². The minimum atomic E-state index is -0.508. The van der Waals surface area contributed by atoms with Crippen molar-refractivity contribution in [1.29, 1.82) is 0 Å². The highest BCUT2D eigenvalue weighted by Crippen LogP contribution is 2.29. The van der Waals surface area contributed by atoms with Gasteiger partial charge in [-0.2, -0.15) is 5.10 Å². The van der Waals surface area contributed by atoms with Crippen LogP contribution in [0, 0.1) is 5.82 Å². The number of nitrogens with two attached hydrogens (primary N) is 1. The lowest BCUT2D eigenvalue weighted by Gasteiger charge is -2.13. The number of likely N-dealkylation sites (tertiary alicyclic amines) is 1. The summed E-state index contributed by atoms with van der Waals surface area (Å²) in [6.45, 7) is 4.42. The maximum Gasteiger partial charge on any atom is 0.166 e. The molecule has 3 aromatic rings. The lowest BCUT2D eigenvalue weighted by Crippen LogP contribution is -2.24. The first kappa shape index (κ1) is 21.9. The Morgan fingerprint density at radius 1 is 1.10 bits per heavy atom. The third-order valence-electron chi connectivity index (χ3n) is 5.44. The second-order valence-corrected chi connectivity index (χ2v) is 8.35. The zero-order valence-electron chi connectivity index (χ0n) is 17.0. The predicted molar refractivity (Wildman–Crippen MR) is 121 cm³/mol. The van der Waals surface area contributed by atoms with E-state index in [0.717, 1.165) is 24.2 Å². The second-order valence-electron chi connectivity index (χ2n) is 7.57. The normalized spacial score (nSPS) is 14.3. The number of aromatic nitrogens is 3. The van der Waals surface area contributed by atoms with Crippen LogP contribution in [0.4, 0.5) is 10.2 Å². The molecule has 0 spiro atoms. The number of nitrogen functional groups attached to an aromatic ring is 1. The third kappa shape index (κ3) is 5.29. The molecule has 1 aromatic carbocycles. The largest absolute Gasteiger partial charge is 0.489 e. The Balaban J connectivity index is 1.40. The summed E-state index contributed by atoms with van der Waals surface area (Å²) < 4.78 is 21.4. The van der Waals surface area contributed by atoms with Crippen LogP contribution in [0.1, 0.15) is 18.4 Å². The molecule has 31 heavy (non-hydrogen) atoms. The Kier molecular flexibility index (Phi) is 6.95. The Labute approximate surface area is 190 Å². The zero-order chi connectivity index (χ0) is 21.8. The Bertz CT molecular complexity index is 1050. The Morgan fingerprint density at radius 2 is 1.90 bits per heavy atom. The first-order chi connectivity index (χ1) is 15.0. The van der Waals surface area contributed by atoms with Crippen molar-refractivity contribution in [2.24, 2.45) is 0 Å². The molecule has 0 atom stereocenters. The van der Waals surface area contributed by atoms with Crippen LogP contribution in [0.25, 0.3) is 11.1 Å². The summed E-state index contributed by atoms with van der Waals surface area (Å²) in [5, 5.41) is 4.87. The number of hydrogen-bond acceptors (Lipinski definition) is 5. The molecule has 0 radical (unpaired) electrons. The number of halogens is 3. The second kappa shape index (κ2) is 9.85. The number of hydrogen-bond donors (Lipinski definition) is 1. The van der Waals surface area contributed by atoms with E-state index in [-0.39, 0.29) is 17.4 Å². The molecule has 6 nitrogen and oxygen atoms in total. The maximum atomic E-state index is 13.7. The van der Waals surface area contributed by atoms with Crippen molar-refractivity contribution in [2.45, 2.75) is 25.8 Å². The highest BCUT2D eigenvalue weighted by Gasteiger charge is 2.14. The maximum absolute atomic E-state index is 13.7. The van der Waals surface area contributed by atoms with E-state index in [4.69, 9.17) is 33.7 Å². The van der Waals surface area contributed by atoms with Crippen LogP contribution >= 0.6 is 23.2 Å². The van der Waals surface area contributed by atoms with Crippen LogP contribution in [0.3, 0.4) is 0 Å². The summed E-state index contributed by atoms with van der Waals surface area (Å²) in [6, 6.07) is 4.56. The van der Waals surface area contributed by atoms with Crippen LogP contribution in [0.5, 0.6) is 5.75 Å². The summed E-state index contributed by atoms with van der Waals surface area (Å²) in [5.41, 5.74) is 8.28. The molecule has 164 valence electrons. The van der Waals surface area contributed by atoms with Gasteiger partial charge in [-0.05, 0) is 49.7 Å². The summed E-state index contributed by atoms with van der Waals surface area (Å²) in [7, 11) is 0. The molecule has 1 aliphatic heterocycles. The number of nitrogens with zero attached hydrogens (tertiary/aromatic N) is 4. The SMILES string of the molecule is Nc1ncc(-c2cnn(CCN3CCCC3)c2)cc1OCCc1c(Cl)ccc(F)c1Cl. The minimum Gasteiger partial charge on any atom is -0.489 e. The van der Waals surface area contributed by atoms with E-state index in [1.54, 1.807) is 6.20 Å². The molecular weight excluding hydrogens is 440 g/mol. The van der Waals surface area contributed by atoms with E-state index in [1.807, 2.05) is 23.1 Å². The van der Waals surface area contributed by atoms with Crippen molar-refractivity contribution in [3.8, 4) is 16.9 Å². The fourth-order valence-electron chi connectivity index (χ4n) is 3.67. The number of ether oxygens (including phenoxy) is 1. The zero-order valence-corrected chi connectivity index (χ0v) is 18.5. The molecule has 0 amide bonds. The molecule has 0 unspecified atom stereocenters. The molecule has 0 aliphatic carbocycles. The van der Waals surface area contributed by atoms with E-state index in [0.29, 0.717) is 22.8 Å². The number of rotatable bonds is 8. The van der Waals surface area contributed by atoms with Crippen molar-refractivity contribution in [1.82, 2.24) is 19.7 Å². The molecule has 0 bridgehead atoms. The molecule has 4 rings (SSSR count). The minimum absolute atomic E-state index is 0.0114. The number of pyridine rings is 1. The Morgan fingerprint density at radius 3 is 2.71 bits per heavy atom. The molecule has 0 saturated carbocycles. The topological polar surface area (TPSA) is 69.2 Å². The molecular formula is C22H24Cl2FN5O. The molecule has 2 N–H and O–H groups in total. The quantitative estimate of drug-likeness (QED) is 0.490. The molecule has 1 aliphatic rings. The lowest BCUT2D eigenvalue weighted by molar-refractivity contribution is 0.316. The predicted octanol–water partition coefficient (Wildman–Crippen LogP) is 4.69. The van der Waals surface area contributed by atoms with Crippen LogP contribution in [0.15, 0.2) is 36.8 Å². The van der Waals surface area contributed by atoms with E-state index < -0.39 is 5.82 Å². The monoisotopic (exact) mass is 463 g/mol. The average Bonchev–Trinajstić information content (AvgIpc) is 3.45. The summed E-state index contributed by atoms with van der Waals surface area (Å²) in [5.74, 6) is 0.221. The average molecular weight is 464 g/mol. The first-order valence-electron chi connectivity index (χ1n) is 10.3. The van der Waals surface area contributed by atoms with Crippen LogP contribution in [-0.2, 0) is 13.0 Å². The van der Waals surface area contributed by atoms with Gasteiger partial charge in [-0.1, -0.05) is 23.2 Å². The summed E-state index contributed by atoms with van der Waals surface area (Å²) in [6.07, 6.45) is 8.41. The van der Waals surface area contributed by atoms with Gasteiger partial charge in [-0.25, -0.2) is 9.37 Å². The Hall–Kier alpha value is -2.35. The van der Waals surface area contributed by atoms with E-state index >= 15 is 0 Å². The molecule has 1 fully saturated rings. The third-order valence-corrected chi connectivity index (χ3v) is 6.20. The lowest BCUT2D eigenvalue weighted by atomic mass is 10.1. The summed E-state index contributed by atoms with van der Waals surface area (Å²) in [4.78, 5) is 6.70. The smallest absolute Gasteiger partial charge is 0.166 e. The number of benzene rings is 1. The van der Waals surface area contributed by atoms with Crippen LogP contribution in [0.2, 0.25) is 10.0 Å². The van der Waals surface area contributed by atoms with Crippen LogP contribution < -0.4 is 10.5 Å². The van der Waals surface area contributed by atoms with Gasteiger partial charge in [-0.15, -0.1) is 0 Å². The fourth-order valence-corrected chi connectivity index (χ4v) is 4.23. The van der Waals surface area contributed by atoms with Gasteiger partial charge in [0.2, 0.25) is 0 Å². The molecule has 2 aromatic heterocycles. The highest BCUT2D eigenvalue weighted by molar-refractivity contribution is 6.36. The van der Waals surface area contributed by atoms with Gasteiger partial charge in [0.05, 0.1) is 24.4 Å². The van der Waals surface area contributed by atoms with Crippen molar-refractivity contribution in [2.75, 3.05) is 32.0 Å². The van der Waals surface area contributed by atoms with Crippen molar-refractivity contribution < 1.29 is 9.13 Å². The van der Waals surface area contributed by atoms with Gasteiger partial charge < -0.3 is 15.4 Å². The van der Waals surface area contributed by atoms with Crippen molar-refractivity contribution >= 4 is 29.0 Å². The van der Waals surface area contributed by atoms with Crippen molar-refractivity contribution in [3.63, 3.8) is 0 Å². The van der Waals surface area contributed by atoms with E-state index in [9.17, 15) is 4.39 Å². The van der Waals surface area contributed by atoms with Gasteiger partial charge >= 0.3 is 0 Å². The van der Waals surface area contributed by atoms with E-state index in [2.05, 4.69) is 15.0 Å². The number of anilines is 1. The first-order valence-corrected chi connectivity index (χ1v) is 11.0. The van der Waals surface area contributed by atoms with Crippen molar-refractivity contribution in [3.05, 3.63) is 58.2 Å². The molecule has 1 saturated heterocycles. The van der Waals surface area contributed by atoms with Gasteiger partial charge in [0, 0.05) is 41.5 Å². The van der Waals surface area contributed by atoms with E-state index in [1.165, 1.54) is 38.1 Å². The standard InChI is InChI=1S/C22H24Cl2FN5O/c23-18-3-4-19(25)21(24)17(18)5-10-31-20-11-15(12-27-22(20)26)16-13-28-30(14-16)9-8-29-6-1-2-7-29/h3-4,11-14H,1-2,5-10H2,(H2,26,27). The molecule has 3 heterocycles. The fraction of sp³-hybridized carbons (Fsp3) is 0.364. The van der Waals surface area contributed by atoms with Gasteiger partial charge in [0.1, 0.15) is 5.82 Å². The van der Waals surface area contributed by atoms with Gasteiger partial charge in [-0.3, -0.25) is 4.68 Å². The highest BCUT2D eigenvalue weighted by atomic mass is 35.5. The molecule has 9 heteroatoms. The van der Waals surface area contributed by atoms with Gasteiger partial charge in [0.25, 0.3) is 0 Å². The van der Waals surface area contributed by atoms with Gasteiger partial charge in [0.15, 0.2) is 11.6 Å². The summed E-state index contributed by atoms with van der Waals surface area (Å²) >= 11 is 12.2.